The van der Waals surface area contributed by atoms with E-state index in [-0.39, 0.29) is 11.2 Å². The lowest BCUT2D eigenvalue weighted by molar-refractivity contribution is -0.115. The van der Waals surface area contributed by atoms with Gasteiger partial charge in [-0.25, -0.2) is 4.98 Å². The van der Waals surface area contributed by atoms with Crippen molar-refractivity contribution in [3.8, 4) is 28.3 Å². The highest BCUT2D eigenvalue weighted by molar-refractivity contribution is 8.00. The number of nitrogens with zero attached hydrogens (tertiary/aromatic N) is 1. The molecule has 2 N–H and O–H groups in total. The second-order valence-corrected chi connectivity index (χ2v) is 9.95. The second-order valence-electron chi connectivity index (χ2n) is 8.35. The van der Waals surface area contributed by atoms with Gasteiger partial charge in [-0.2, -0.15) is 0 Å². The zero-order chi connectivity index (χ0) is 24.9. The fourth-order valence-corrected chi connectivity index (χ4v) is 4.85. The molecule has 180 valence electrons. The van der Waals surface area contributed by atoms with E-state index in [1.807, 2.05) is 6.92 Å². The van der Waals surface area contributed by atoms with Crippen molar-refractivity contribution in [1.82, 2.24) is 9.97 Å². The van der Waals surface area contributed by atoms with E-state index in [1.54, 1.807) is 25.3 Å². The van der Waals surface area contributed by atoms with Crippen LogP contribution in [-0.2, 0) is 4.79 Å². The van der Waals surface area contributed by atoms with Gasteiger partial charge in [-0.3, -0.25) is 4.79 Å². The molecule has 1 atom stereocenters. The molecule has 4 aromatic rings. The number of halogens is 1. The molecule has 0 saturated heterocycles. The molecule has 1 aromatic heterocycles. The third kappa shape index (κ3) is 5.89. The van der Waals surface area contributed by atoms with Crippen LogP contribution in [0.25, 0.3) is 22.5 Å². The van der Waals surface area contributed by atoms with Crippen LogP contribution in [0, 0.1) is 13.8 Å². The summed E-state index contributed by atoms with van der Waals surface area (Å²) in [7, 11) is 1.56. The number of aromatic amines is 1. The van der Waals surface area contributed by atoms with Gasteiger partial charge >= 0.3 is 0 Å². The van der Waals surface area contributed by atoms with E-state index in [2.05, 4.69) is 72.7 Å². The monoisotopic (exact) mass is 505 g/mol. The maximum Gasteiger partial charge on any atom is 0.237 e. The van der Waals surface area contributed by atoms with E-state index < -0.39 is 0 Å². The number of imidazole rings is 1. The second kappa shape index (κ2) is 11.0. The zero-order valence-corrected chi connectivity index (χ0v) is 21.8. The molecule has 7 heteroatoms. The molecule has 35 heavy (non-hydrogen) atoms. The number of methoxy groups -OCH3 is 1. The zero-order valence-electron chi connectivity index (χ0n) is 20.2. The number of benzene rings is 3. The van der Waals surface area contributed by atoms with Crippen LogP contribution in [0.3, 0.4) is 0 Å². The molecular formula is C28H28ClN3O2S. The molecule has 0 aliphatic carbocycles. The fraction of sp³-hybridized carbons (Fsp3) is 0.214. The molecule has 0 radical (unpaired) electrons. The topological polar surface area (TPSA) is 67.0 Å². The van der Waals surface area contributed by atoms with Crippen molar-refractivity contribution < 1.29 is 9.53 Å². The Labute approximate surface area is 215 Å². The van der Waals surface area contributed by atoms with Gasteiger partial charge in [-0.05, 0) is 38.5 Å². The standard InChI is InChI=1S/C28H28ClN3O2S/c1-5-24(27(33)30-21-14-15-23(34-4)22(29)16-21)35-28-31-25(19-10-6-17(2)7-11-19)26(32-28)20-12-8-18(3)9-13-20/h6-16,24H,5H2,1-4H3,(H,30,33)(H,31,32). The lowest BCUT2D eigenvalue weighted by Crippen LogP contribution is -2.24. The highest BCUT2D eigenvalue weighted by Crippen LogP contribution is 2.35. The van der Waals surface area contributed by atoms with Crippen molar-refractivity contribution in [3.63, 3.8) is 0 Å². The Morgan fingerprint density at radius 2 is 1.66 bits per heavy atom. The van der Waals surface area contributed by atoms with E-state index in [0.717, 1.165) is 22.5 Å². The van der Waals surface area contributed by atoms with Crippen LogP contribution in [0.4, 0.5) is 5.69 Å². The van der Waals surface area contributed by atoms with Gasteiger partial charge in [-0.1, -0.05) is 89.9 Å². The number of nitrogens with one attached hydrogen (secondary N) is 2. The summed E-state index contributed by atoms with van der Waals surface area (Å²) >= 11 is 7.64. The van der Waals surface area contributed by atoms with Crippen molar-refractivity contribution in [2.75, 3.05) is 12.4 Å². The van der Waals surface area contributed by atoms with Gasteiger partial charge in [0.25, 0.3) is 0 Å². The summed E-state index contributed by atoms with van der Waals surface area (Å²) in [6.07, 6.45) is 0.640. The largest absolute Gasteiger partial charge is 0.495 e. The average molecular weight is 506 g/mol. The van der Waals surface area contributed by atoms with Crippen LogP contribution < -0.4 is 10.1 Å². The maximum absolute atomic E-state index is 13.1. The molecule has 5 nitrogen and oxygen atoms in total. The Balaban J connectivity index is 1.61. The van der Waals surface area contributed by atoms with Crippen molar-refractivity contribution in [2.45, 2.75) is 37.6 Å². The third-order valence-electron chi connectivity index (χ3n) is 5.68. The van der Waals surface area contributed by atoms with Gasteiger partial charge in [0.1, 0.15) is 5.75 Å². The number of ether oxygens (including phenoxy) is 1. The van der Waals surface area contributed by atoms with Gasteiger partial charge in [0.15, 0.2) is 5.16 Å². The molecular weight excluding hydrogens is 478 g/mol. The van der Waals surface area contributed by atoms with Crippen LogP contribution in [0.1, 0.15) is 24.5 Å². The first-order valence-corrected chi connectivity index (χ1v) is 12.7. The van der Waals surface area contributed by atoms with E-state index in [1.165, 1.54) is 22.9 Å². The van der Waals surface area contributed by atoms with Crippen molar-refractivity contribution >= 4 is 35.0 Å². The van der Waals surface area contributed by atoms with Gasteiger partial charge in [0.05, 0.1) is 28.8 Å². The minimum absolute atomic E-state index is 0.107. The van der Waals surface area contributed by atoms with Gasteiger partial charge in [0.2, 0.25) is 5.91 Å². The molecule has 1 unspecified atom stereocenters. The number of carbonyl (C=O) groups excluding carboxylic acids is 1. The SMILES string of the molecule is CCC(Sc1nc(-c2ccc(C)cc2)c(-c2ccc(C)cc2)[nH]1)C(=O)Nc1ccc(OC)c(Cl)c1. The summed E-state index contributed by atoms with van der Waals surface area (Å²) in [6.45, 7) is 6.12. The highest BCUT2D eigenvalue weighted by atomic mass is 35.5. The fourth-order valence-electron chi connectivity index (χ4n) is 3.68. The van der Waals surface area contributed by atoms with Crippen LogP contribution in [-0.4, -0.2) is 28.2 Å². The lowest BCUT2D eigenvalue weighted by atomic mass is 10.0. The predicted molar refractivity (Wildman–Crippen MR) is 146 cm³/mol. The van der Waals surface area contributed by atoms with Crippen molar-refractivity contribution in [1.29, 1.82) is 0 Å². The quantitative estimate of drug-likeness (QED) is 0.243. The first-order valence-electron chi connectivity index (χ1n) is 11.4. The van der Waals surface area contributed by atoms with E-state index in [0.29, 0.717) is 28.0 Å². The summed E-state index contributed by atoms with van der Waals surface area (Å²) in [6, 6.07) is 21.9. The summed E-state index contributed by atoms with van der Waals surface area (Å²) < 4.78 is 5.19. The molecule has 0 bridgehead atoms. The Hall–Kier alpha value is -3.22. The number of carbonyl (C=O) groups is 1. The van der Waals surface area contributed by atoms with E-state index >= 15 is 0 Å². The lowest BCUT2D eigenvalue weighted by Gasteiger charge is -2.14. The normalized spacial score (nSPS) is 11.8. The van der Waals surface area contributed by atoms with Crippen LogP contribution in [0.15, 0.2) is 71.9 Å². The molecule has 0 fully saturated rings. The number of anilines is 1. The minimum atomic E-state index is -0.334. The van der Waals surface area contributed by atoms with Gasteiger partial charge in [0, 0.05) is 16.8 Å². The van der Waals surface area contributed by atoms with Crippen LogP contribution in [0.2, 0.25) is 5.02 Å². The molecule has 0 saturated carbocycles. The molecule has 3 aromatic carbocycles. The minimum Gasteiger partial charge on any atom is -0.495 e. The van der Waals surface area contributed by atoms with E-state index in [4.69, 9.17) is 21.3 Å². The third-order valence-corrected chi connectivity index (χ3v) is 7.23. The number of aromatic nitrogens is 2. The van der Waals surface area contributed by atoms with Gasteiger partial charge in [-0.15, -0.1) is 0 Å². The number of rotatable bonds is 8. The summed E-state index contributed by atoms with van der Waals surface area (Å²) in [4.78, 5) is 21.5. The Bertz CT molecular complexity index is 1250. The molecule has 0 spiro atoms. The Morgan fingerprint density at radius 3 is 2.23 bits per heavy atom. The highest BCUT2D eigenvalue weighted by Gasteiger charge is 2.22. The van der Waals surface area contributed by atoms with E-state index in [9.17, 15) is 4.79 Å². The Kier molecular flexibility index (Phi) is 7.83. The number of amides is 1. The molecule has 4 rings (SSSR count). The number of H-pyrrole nitrogens is 1. The van der Waals surface area contributed by atoms with Crippen molar-refractivity contribution in [2.24, 2.45) is 0 Å². The predicted octanol–water partition coefficient (Wildman–Crippen LogP) is 7.53. The molecule has 1 heterocycles. The number of hydrogen-bond donors (Lipinski definition) is 2. The molecule has 1 amide bonds. The molecule has 0 aliphatic rings. The first-order chi connectivity index (χ1) is 16.9. The summed E-state index contributed by atoms with van der Waals surface area (Å²) in [5, 5.41) is 3.77. The first kappa shape index (κ1) is 24.9. The van der Waals surface area contributed by atoms with Crippen molar-refractivity contribution in [3.05, 3.63) is 82.9 Å². The summed E-state index contributed by atoms with van der Waals surface area (Å²) in [5.41, 5.74) is 6.90. The van der Waals surface area contributed by atoms with Crippen LogP contribution >= 0.6 is 23.4 Å². The summed E-state index contributed by atoms with van der Waals surface area (Å²) in [5.74, 6) is 0.456. The van der Waals surface area contributed by atoms with Gasteiger partial charge < -0.3 is 15.0 Å². The molecule has 0 aliphatic heterocycles. The smallest absolute Gasteiger partial charge is 0.237 e. The number of hydrogen-bond acceptors (Lipinski definition) is 4. The average Bonchev–Trinajstić information content (AvgIpc) is 3.27. The van der Waals surface area contributed by atoms with Crippen LogP contribution in [0.5, 0.6) is 5.75 Å². The number of aryl methyl sites for hydroxylation is 2. The number of thioether (sulfide) groups is 1. The Morgan fingerprint density at radius 1 is 1.03 bits per heavy atom. The maximum atomic E-state index is 13.1.